The van der Waals surface area contributed by atoms with Crippen LogP contribution < -0.4 is 5.73 Å². The Balaban J connectivity index is 1.76. The van der Waals surface area contributed by atoms with E-state index in [1.54, 1.807) is 17.0 Å². The molecule has 3 rings (SSSR count). The van der Waals surface area contributed by atoms with E-state index in [-0.39, 0.29) is 47.9 Å². The van der Waals surface area contributed by atoms with Gasteiger partial charge in [0, 0.05) is 37.7 Å². The first-order chi connectivity index (χ1) is 13.2. The predicted molar refractivity (Wildman–Crippen MR) is 103 cm³/mol. The lowest BCUT2D eigenvalue weighted by Crippen LogP contribution is -2.48. The Labute approximate surface area is 165 Å². The summed E-state index contributed by atoms with van der Waals surface area (Å²) in [7, 11) is -3.71. The predicted octanol–water partition coefficient (Wildman–Crippen LogP) is 0.822. The van der Waals surface area contributed by atoms with E-state index in [4.69, 9.17) is 10.5 Å². The molecule has 2 aliphatic rings. The van der Waals surface area contributed by atoms with Crippen molar-refractivity contribution < 1.29 is 22.7 Å². The molecule has 2 fully saturated rings. The monoisotopic (exact) mass is 409 g/mol. The number of carbonyl (C=O) groups is 2. The fourth-order valence-corrected chi connectivity index (χ4v) is 5.45. The van der Waals surface area contributed by atoms with Crippen LogP contribution in [0.3, 0.4) is 0 Å². The van der Waals surface area contributed by atoms with Crippen LogP contribution in [0.25, 0.3) is 0 Å². The average Bonchev–Trinajstić information content (AvgIpc) is 2.67. The van der Waals surface area contributed by atoms with Gasteiger partial charge in [-0.2, -0.15) is 4.31 Å². The molecule has 0 bridgehead atoms. The van der Waals surface area contributed by atoms with Crippen LogP contribution in [0.4, 0.5) is 0 Å². The molecule has 2 heterocycles. The number of hydrogen-bond acceptors (Lipinski definition) is 5. The third-order valence-electron chi connectivity index (χ3n) is 5.29. The maximum Gasteiger partial charge on any atom is 0.253 e. The molecule has 0 saturated carbocycles. The van der Waals surface area contributed by atoms with E-state index in [0.717, 1.165) is 0 Å². The summed E-state index contributed by atoms with van der Waals surface area (Å²) in [5, 5.41) is 0. The minimum absolute atomic E-state index is 0.103. The SMILES string of the molecule is C[C@H]1CN(S(=O)(=O)c2cccc(C(=O)N3CCC(C(N)=O)CC3)c2)C[C@H](C)O1. The van der Waals surface area contributed by atoms with E-state index in [1.165, 1.54) is 16.4 Å². The largest absolute Gasteiger partial charge is 0.373 e. The molecule has 0 aliphatic carbocycles. The number of piperidine rings is 1. The molecule has 28 heavy (non-hydrogen) atoms. The van der Waals surface area contributed by atoms with Gasteiger partial charge in [0.15, 0.2) is 0 Å². The van der Waals surface area contributed by atoms with E-state index >= 15 is 0 Å². The van der Waals surface area contributed by atoms with Gasteiger partial charge >= 0.3 is 0 Å². The van der Waals surface area contributed by atoms with Gasteiger partial charge in [0.2, 0.25) is 15.9 Å². The third kappa shape index (κ3) is 4.37. The number of primary amides is 1. The second kappa shape index (κ2) is 8.18. The highest BCUT2D eigenvalue weighted by molar-refractivity contribution is 7.89. The summed E-state index contributed by atoms with van der Waals surface area (Å²) in [4.78, 5) is 25.9. The van der Waals surface area contributed by atoms with E-state index in [9.17, 15) is 18.0 Å². The molecule has 2 aliphatic heterocycles. The van der Waals surface area contributed by atoms with Crippen LogP contribution in [-0.2, 0) is 19.6 Å². The molecule has 0 spiro atoms. The molecule has 2 N–H and O–H groups in total. The lowest BCUT2D eigenvalue weighted by molar-refractivity contribution is -0.123. The number of nitrogens with two attached hydrogens (primary N) is 1. The molecule has 0 unspecified atom stereocenters. The first-order valence-corrected chi connectivity index (χ1v) is 11.0. The molecule has 154 valence electrons. The van der Waals surface area contributed by atoms with Gasteiger partial charge in [-0.05, 0) is 44.9 Å². The first kappa shape index (κ1) is 20.8. The number of hydrogen-bond donors (Lipinski definition) is 1. The Morgan fingerprint density at radius 2 is 1.71 bits per heavy atom. The standard InChI is InChI=1S/C19H27N3O5S/c1-13-11-22(12-14(2)27-13)28(25,26)17-5-3-4-16(10-17)19(24)21-8-6-15(7-9-21)18(20)23/h3-5,10,13-15H,6-9,11-12H2,1-2H3,(H2,20,23)/t13-,14-/m0/s1. The molecule has 2 amide bonds. The number of sulfonamides is 1. The van der Waals surface area contributed by atoms with Crippen molar-refractivity contribution in [1.82, 2.24) is 9.21 Å². The Morgan fingerprint density at radius 1 is 1.11 bits per heavy atom. The fourth-order valence-electron chi connectivity index (χ4n) is 3.82. The van der Waals surface area contributed by atoms with Crippen molar-refractivity contribution in [3.05, 3.63) is 29.8 Å². The number of ether oxygens (including phenoxy) is 1. The average molecular weight is 410 g/mol. The van der Waals surface area contributed by atoms with Crippen molar-refractivity contribution in [2.45, 2.75) is 43.8 Å². The van der Waals surface area contributed by atoms with Gasteiger partial charge in [-0.25, -0.2) is 8.42 Å². The number of benzene rings is 1. The van der Waals surface area contributed by atoms with Gasteiger partial charge < -0.3 is 15.4 Å². The molecule has 1 aromatic carbocycles. The summed E-state index contributed by atoms with van der Waals surface area (Å²) in [6.07, 6.45) is 0.690. The topological polar surface area (TPSA) is 110 Å². The van der Waals surface area contributed by atoms with Crippen molar-refractivity contribution in [2.75, 3.05) is 26.2 Å². The van der Waals surface area contributed by atoms with Gasteiger partial charge in [0.25, 0.3) is 5.91 Å². The number of amides is 2. The van der Waals surface area contributed by atoms with Crippen LogP contribution in [0.2, 0.25) is 0 Å². The van der Waals surface area contributed by atoms with Gasteiger partial charge in [-0.1, -0.05) is 6.07 Å². The maximum absolute atomic E-state index is 13.0. The van der Waals surface area contributed by atoms with Gasteiger partial charge in [-0.15, -0.1) is 0 Å². The summed E-state index contributed by atoms with van der Waals surface area (Å²) < 4.78 is 33.1. The molecule has 2 atom stereocenters. The summed E-state index contributed by atoms with van der Waals surface area (Å²) >= 11 is 0. The van der Waals surface area contributed by atoms with Crippen molar-refractivity contribution in [2.24, 2.45) is 11.7 Å². The summed E-state index contributed by atoms with van der Waals surface area (Å²) in [5.74, 6) is -0.779. The highest BCUT2D eigenvalue weighted by Gasteiger charge is 2.33. The number of nitrogens with zero attached hydrogens (tertiary/aromatic N) is 2. The molecule has 0 radical (unpaired) electrons. The number of morpholine rings is 1. The number of carbonyl (C=O) groups excluding carboxylic acids is 2. The number of rotatable bonds is 4. The van der Waals surface area contributed by atoms with Crippen molar-refractivity contribution in [1.29, 1.82) is 0 Å². The van der Waals surface area contributed by atoms with Crippen LogP contribution in [0.1, 0.15) is 37.0 Å². The maximum atomic E-state index is 13.0. The highest BCUT2D eigenvalue weighted by atomic mass is 32.2. The van der Waals surface area contributed by atoms with E-state index in [1.807, 2.05) is 13.8 Å². The van der Waals surface area contributed by atoms with Gasteiger partial charge in [0.05, 0.1) is 17.1 Å². The highest BCUT2D eigenvalue weighted by Crippen LogP contribution is 2.24. The zero-order chi connectivity index (χ0) is 20.5. The minimum atomic E-state index is -3.71. The lowest BCUT2D eigenvalue weighted by atomic mass is 9.96. The molecular formula is C19H27N3O5S. The van der Waals surface area contributed by atoms with E-state index in [2.05, 4.69) is 0 Å². The fraction of sp³-hybridized carbons (Fsp3) is 0.579. The van der Waals surface area contributed by atoms with Crippen LogP contribution in [-0.4, -0.2) is 67.8 Å². The number of likely N-dealkylation sites (tertiary alicyclic amines) is 1. The second-order valence-electron chi connectivity index (χ2n) is 7.58. The Kier molecular flexibility index (Phi) is 6.07. The summed E-state index contributed by atoms with van der Waals surface area (Å²) in [6, 6.07) is 6.15. The summed E-state index contributed by atoms with van der Waals surface area (Å²) in [6.45, 7) is 5.11. The van der Waals surface area contributed by atoms with Crippen LogP contribution in [0.15, 0.2) is 29.2 Å². The quantitative estimate of drug-likeness (QED) is 0.792. The van der Waals surface area contributed by atoms with Crippen LogP contribution in [0.5, 0.6) is 0 Å². The first-order valence-electron chi connectivity index (χ1n) is 9.52. The van der Waals surface area contributed by atoms with Crippen LogP contribution in [0, 0.1) is 5.92 Å². The Bertz CT molecular complexity index is 839. The van der Waals surface area contributed by atoms with Gasteiger partial charge in [-0.3, -0.25) is 9.59 Å². The molecular weight excluding hydrogens is 382 g/mol. The van der Waals surface area contributed by atoms with Crippen molar-refractivity contribution in [3.8, 4) is 0 Å². The smallest absolute Gasteiger partial charge is 0.253 e. The second-order valence-corrected chi connectivity index (χ2v) is 9.51. The third-order valence-corrected chi connectivity index (χ3v) is 7.12. The van der Waals surface area contributed by atoms with Crippen molar-refractivity contribution in [3.63, 3.8) is 0 Å². The molecule has 2 saturated heterocycles. The zero-order valence-electron chi connectivity index (χ0n) is 16.2. The van der Waals surface area contributed by atoms with E-state index < -0.39 is 10.0 Å². The zero-order valence-corrected chi connectivity index (χ0v) is 17.0. The molecule has 0 aromatic heterocycles. The Morgan fingerprint density at radius 3 is 2.29 bits per heavy atom. The summed E-state index contributed by atoms with van der Waals surface area (Å²) in [5.41, 5.74) is 5.66. The normalized spacial score (nSPS) is 24.9. The minimum Gasteiger partial charge on any atom is -0.373 e. The molecule has 9 heteroatoms. The molecule has 8 nitrogen and oxygen atoms in total. The van der Waals surface area contributed by atoms with E-state index in [0.29, 0.717) is 31.5 Å². The lowest BCUT2D eigenvalue weighted by Gasteiger charge is -2.34. The Hall–Kier alpha value is -1.97. The molecule has 1 aromatic rings. The van der Waals surface area contributed by atoms with Gasteiger partial charge in [0.1, 0.15) is 0 Å². The van der Waals surface area contributed by atoms with Crippen LogP contribution >= 0.6 is 0 Å². The van der Waals surface area contributed by atoms with Crippen molar-refractivity contribution >= 4 is 21.8 Å².